The molecule has 1 atom stereocenters. The summed E-state index contributed by atoms with van der Waals surface area (Å²) >= 11 is 0. The lowest BCUT2D eigenvalue weighted by Crippen LogP contribution is -2.42. The standard InChI is InChI=1S/C15H24N2O3/c1-6-15(5,20-8-3)14(18)17-12-9-10-13(19-7-2)16-11(12)4/h9-10H,6-8H2,1-5H3,(H,17,18)/t15-/m1/s1. The summed E-state index contributed by atoms with van der Waals surface area (Å²) in [5, 5.41) is 2.87. The maximum absolute atomic E-state index is 12.3. The second-order valence-electron chi connectivity index (χ2n) is 4.69. The predicted molar refractivity (Wildman–Crippen MR) is 79.1 cm³/mol. The van der Waals surface area contributed by atoms with Crippen molar-refractivity contribution in [3.8, 4) is 5.88 Å². The van der Waals surface area contributed by atoms with E-state index in [1.165, 1.54) is 0 Å². The van der Waals surface area contributed by atoms with Gasteiger partial charge in [0.15, 0.2) is 0 Å². The van der Waals surface area contributed by atoms with E-state index >= 15 is 0 Å². The number of aryl methyl sites for hydroxylation is 1. The van der Waals surface area contributed by atoms with Crippen LogP contribution in [0.15, 0.2) is 12.1 Å². The lowest BCUT2D eigenvalue weighted by Gasteiger charge is -2.27. The lowest BCUT2D eigenvalue weighted by atomic mass is 10.0. The molecule has 0 aliphatic rings. The van der Waals surface area contributed by atoms with E-state index < -0.39 is 5.60 Å². The van der Waals surface area contributed by atoms with Gasteiger partial charge in [-0.1, -0.05) is 6.92 Å². The zero-order valence-electron chi connectivity index (χ0n) is 12.9. The summed E-state index contributed by atoms with van der Waals surface area (Å²) in [6.07, 6.45) is 0.607. The smallest absolute Gasteiger partial charge is 0.256 e. The van der Waals surface area contributed by atoms with Crippen molar-refractivity contribution in [3.63, 3.8) is 0 Å². The highest BCUT2D eigenvalue weighted by atomic mass is 16.5. The van der Waals surface area contributed by atoms with E-state index in [9.17, 15) is 4.79 Å². The Morgan fingerprint density at radius 3 is 2.50 bits per heavy atom. The summed E-state index contributed by atoms with van der Waals surface area (Å²) in [5.74, 6) is 0.405. The van der Waals surface area contributed by atoms with Crippen LogP contribution >= 0.6 is 0 Å². The number of amides is 1. The summed E-state index contributed by atoms with van der Waals surface area (Å²) in [5.41, 5.74) is 0.580. The van der Waals surface area contributed by atoms with Crippen molar-refractivity contribution in [3.05, 3.63) is 17.8 Å². The number of anilines is 1. The number of pyridine rings is 1. The largest absolute Gasteiger partial charge is 0.478 e. The summed E-state index contributed by atoms with van der Waals surface area (Å²) in [6, 6.07) is 3.54. The molecule has 5 heteroatoms. The van der Waals surface area contributed by atoms with E-state index in [-0.39, 0.29) is 5.91 Å². The molecule has 0 aliphatic carbocycles. The number of hydrogen-bond donors (Lipinski definition) is 1. The van der Waals surface area contributed by atoms with Gasteiger partial charge in [-0.05, 0) is 40.2 Å². The van der Waals surface area contributed by atoms with Crippen LogP contribution in [-0.4, -0.2) is 29.7 Å². The predicted octanol–water partition coefficient (Wildman–Crippen LogP) is 2.93. The van der Waals surface area contributed by atoms with E-state index in [0.717, 1.165) is 5.69 Å². The first kappa shape index (κ1) is 16.4. The molecule has 0 fully saturated rings. The van der Waals surface area contributed by atoms with Crippen molar-refractivity contribution in [2.45, 2.75) is 46.6 Å². The van der Waals surface area contributed by atoms with Gasteiger partial charge in [-0.15, -0.1) is 0 Å². The Kier molecular flexibility index (Phi) is 5.95. The third-order valence-corrected chi connectivity index (χ3v) is 3.22. The highest BCUT2D eigenvalue weighted by Crippen LogP contribution is 2.21. The van der Waals surface area contributed by atoms with Crippen LogP contribution in [0.4, 0.5) is 5.69 Å². The van der Waals surface area contributed by atoms with Crippen LogP contribution < -0.4 is 10.1 Å². The Labute approximate surface area is 120 Å². The molecule has 1 aromatic heterocycles. The van der Waals surface area contributed by atoms with Gasteiger partial charge in [-0.2, -0.15) is 0 Å². The molecule has 1 rings (SSSR count). The fourth-order valence-corrected chi connectivity index (χ4v) is 1.80. The monoisotopic (exact) mass is 280 g/mol. The molecule has 0 aromatic carbocycles. The van der Waals surface area contributed by atoms with E-state index in [1.807, 2.05) is 27.7 Å². The number of aromatic nitrogens is 1. The van der Waals surface area contributed by atoms with Gasteiger partial charge in [0.05, 0.1) is 18.0 Å². The molecule has 1 amide bonds. The van der Waals surface area contributed by atoms with Gasteiger partial charge in [0.1, 0.15) is 5.60 Å². The Bertz CT molecular complexity index is 462. The maximum atomic E-state index is 12.3. The summed E-state index contributed by atoms with van der Waals surface area (Å²) < 4.78 is 10.9. The third kappa shape index (κ3) is 3.93. The van der Waals surface area contributed by atoms with Gasteiger partial charge >= 0.3 is 0 Å². The first-order valence-corrected chi connectivity index (χ1v) is 7.02. The van der Waals surface area contributed by atoms with Gasteiger partial charge in [-0.25, -0.2) is 4.98 Å². The normalized spacial score (nSPS) is 13.7. The van der Waals surface area contributed by atoms with Gasteiger partial charge in [0.25, 0.3) is 5.91 Å². The highest BCUT2D eigenvalue weighted by molar-refractivity contribution is 5.97. The molecule has 1 heterocycles. The number of carbonyl (C=O) groups is 1. The first-order chi connectivity index (χ1) is 9.46. The number of hydrogen-bond acceptors (Lipinski definition) is 4. The molecule has 0 aliphatic heterocycles. The molecule has 1 N–H and O–H groups in total. The van der Waals surface area contributed by atoms with Crippen LogP contribution in [0, 0.1) is 6.92 Å². The molecule has 0 unspecified atom stereocenters. The number of ether oxygens (including phenoxy) is 2. The molecule has 20 heavy (non-hydrogen) atoms. The number of nitrogens with one attached hydrogen (secondary N) is 1. The van der Waals surface area contributed by atoms with Crippen molar-refractivity contribution in [2.75, 3.05) is 18.5 Å². The fraction of sp³-hybridized carbons (Fsp3) is 0.600. The van der Waals surface area contributed by atoms with Crippen molar-refractivity contribution >= 4 is 11.6 Å². The number of nitrogens with zero attached hydrogens (tertiary/aromatic N) is 1. The van der Waals surface area contributed by atoms with Gasteiger partial charge in [-0.3, -0.25) is 4.79 Å². The zero-order valence-corrected chi connectivity index (χ0v) is 12.9. The van der Waals surface area contributed by atoms with E-state index in [4.69, 9.17) is 9.47 Å². The average molecular weight is 280 g/mol. The van der Waals surface area contributed by atoms with E-state index in [2.05, 4.69) is 10.3 Å². The summed E-state index contributed by atoms with van der Waals surface area (Å²) in [4.78, 5) is 16.6. The zero-order chi connectivity index (χ0) is 15.2. The van der Waals surface area contributed by atoms with Crippen molar-refractivity contribution in [1.29, 1.82) is 0 Å². The third-order valence-electron chi connectivity index (χ3n) is 3.22. The molecule has 112 valence electrons. The van der Waals surface area contributed by atoms with Crippen LogP contribution in [0.2, 0.25) is 0 Å². The first-order valence-electron chi connectivity index (χ1n) is 7.02. The molecule has 5 nitrogen and oxygen atoms in total. The average Bonchev–Trinajstić information content (AvgIpc) is 2.42. The summed E-state index contributed by atoms with van der Waals surface area (Å²) in [6.45, 7) is 10.4. The minimum atomic E-state index is -0.820. The highest BCUT2D eigenvalue weighted by Gasteiger charge is 2.32. The minimum Gasteiger partial charge on any atom is -0.478 e. The molecule has 1 aromatic rings. The van der Waals surface area contributed by atoms with Crippen molar-refractivity contribution in [1.82, 2.24) is 4.98 Å². The Balaban J connectivity index is 2.85. The molecule has 0 radical (unpaired) electrons. The second-order valence-corrected chi connectivity index (χ2v) is 4.69. The Hall–Kier alpha value is -1.62. The molecule has 0 spiro atoms. The van der Waals surface area contributed by atoms with Gasteiger partial charge in [0.2, 0.25) is 5.88 Å². The molecule has 0 bridgehead atoms. The van der Waals surface area contributed by atoms with Crippen molar-refractivity contribution < 1.29 is 14.3 Å². The molecule has 0 saturated carbocycles. The van der Waals surface area contributed by atoms with E-state index in [1.54, 1.807) is 19.1 Å². The van der Waals surface area contributed by atoms with Crippen molar-refractivity contribution in [2.24, 2.45) is 0 Å². The van der Waals surface area contributed by atoms with Gasteiger partial charge < -0.3 is 14.8 Å². The lowest BCUT2D eigenvalue weighted by molar-refractivity contribution is -0.139. The van der Waals surface area contributed by atoms with Crippen LogP contribution in [0.25, 0.3) is 0 Å². The Morgan fingerprint density at radius 1 is 1.30 bits per heavy atom. The molecular formula is C15H24N2O3. The van der Waals surface area contributed by atoms with Gasteiger partial charge in [0, 0.05) is 12.7 Å². The van der Waals surface area contributed by atoms with Crippen LogP contribution in [-0.2, 0) is 9.53 Å². The summed E-state index contributed by atoms with van der Waals surface area (Å²) in [7, 11) is 0. The fourth-order valence-electron chi connectivity index (χ4n) is 1.80. The van der Waals surface area contributed by atoms with Crippen LogP contribution in [0.1, 0.15) is 39.8 Å². The second kappa shape index (κ2) is 7.24. The molecule has 0 saturated heterocycles. The van der Waals surface area contributed by atoms with Crippen LogP contribution in [0.5, 0.6) is 5.88 Å². The maximum Gasteiger partial charge on any atom is 0.256 e. The Morgan fingerprint density at radius 2 is 2.00 bits per heavy atom. The minimum absolute atomic E-state index is 0.157. The van der Waals surface area contributed by atoms with Crippen LogP contribution in [0.3, 0.4) is 0 Å². The number of rotatable bonds is 7. The van der Waals surface area contributed by atoms with E-state index in [0.29, 0.717) is 31.2 Å². The quantitative estimate of drug-likeness (QED) is 0.834. The molecular weight excluding hydrogens is 256 g/mol. The SMILES string of the molecule is CCOc1ccc(NC(=O)[C@@](C)(CC)OCC)c(C)n1. The topological polar surface area (TPSA) is 60.5 Å². The number of carbonyl (C=O) groups excluding carboxylic acids is 1.